The van der Waals surface area contributed by atoms with Gasteiger partial charge in [0, 0.05) is 25.7 Å². The molecule has 1 aliphatic rings. The molecular weight excluding hydrogens is 235 g/mol. The van der Waals surface area contributed by atoms with Crippen LogP contribution in [0.25, 0.3) is 0 Å². The summed E-state index contributed by atoms with van der Waals surface area (Å²) in [7, 11) is 0. The first-order chi connectivity index (χ1) is 8.63. The molecule has 1 heterocycles. The molecule has 1 saturated heterocycles. The summed E-state index contributed by atoms with van der Waals surface area (Å²) < 4.78 is 12.8. The fourth-order valence-electron chi connectivity index (χ4n) is 2.26. The maximum absolute atomic E-state index is 12.8. The van der Waals surface area contributed by atoms with Crippen molar-refractivity contribution in [2.75, 3.05) is 13.1 Å². The summed E-state index contributed by atoms with van der Waals surface area (Å²) >= 11 is 0. The zero-order valence-electron chi connectivity index (χ0n) is 10.1. The van der Waals surface area contributed by atoms with Gasteiger partial charge < -0.3 is 10.4 Å². The summed E-state index contributed by atoms with van der Waals surface area (Å²) in [5.41, 5.74) is 1.08. The number of nitrogens with one attached hydrogen (secondary N) is 1. The summed E-state index contributed by atoms with van der Waals surface area (Å²) in [6.45, 7) is 2.52. The van der Waals surface area contributed by atoms with Gasteiger partial charge in [-0.2, -0.15) is 0 Å². The fourth-order valence-corrected chi connectivity index (χ4v) is 2.26. The molecule has 2 N–H and O–H groups in total. The molecule has 1 aromatic rings. The second kappa shape index (κ2) is 5.82. The Morgan fingerprint density at radius 1 is 1.33 bits per heavy atom. The van der Waals surface area contributed by atoms with Gasteiger partial charge in [0.15, 0.2) is 0 Å². The largest absolute Gasteiger partial charge is 0.465 e. The third kappa shape index (κ3) is 3.70. The lowest BCUT2D eigenvalue weighted by Gasteiger charge is -2.31. The number of piperidine rings is 1. The van der Waals surface area contributed by atoms with Crippen molar-refractivity contribution in [1.29, 1.82) is 0 Å². The smallest absolute Gasteiger partial charge is 0.404 e. The maximum atomic E-state index is 12.8. The summed E-state index contributed by atoms with van der Waals surface area (Å²) in [6, 6.07) is 6.57. The van der Waals surface area contributed by atoms with Crippen LogP contribution < -0.4 is 5.32 Å². The van der Waals surface area contributed by atoms with Crippen LogP contribution in [-0.2, 0) is 6.54 Å². The van der Waals surface area contributed by atoms with Gasteiger partial charge in [0.2, 0.25) is 0 Å². The molecule has 0 spiro atoms. The maximum Gasteiger partial charge on any atom is 0.404 e. The topological polar surface area (TPSA) is 52.6 Å². The zero-order chi connectivity index (χ0) is 13.0. The van der Waals surface area contributed by atoms with Crippen LogP contribution in [0.4, 0.5) is 9.18 Å². The molecule has 0 saturated carbocycles. The van der Waals surface area contributed by atoms with Crippen LogP contribution in [0.2, 0.25) is 0 Å². The van der Waals surface area contributed by atoms with Gasteiger partial charge in [0.1, 0.15) is 5.82 Å². The number of hydrogen-bond donors (Lipinski definition) is 2. The van der Waals surface area contributed by atoms with Crippen molar-refractivity contribution in [3.63, 3.8) is 0 Å². The molecule has 0 atom stereocenters. The number of halogens is 1. The number of carboxylic acid groups (broad SMARTS) is 1. The minimum absolute atomic E-state index is 0.0620. The van der Waals surface area contributed by atoms with Crippen LogP contribution in [-0.4, -0.2) is 35.2 Å². The highest BCUT2D eigenvalue weighted by Gasteiger charge is 2.20. The molecule has 0 radical (unpaired) electrons. The lowest BCUT2D eigenvalue weighted by Crippen LogP contribution is -2.43. The molecule has 1 aliphatic heterocycles. The van der Waals surface area contributed by atoms with E-state index >= 15 is 0 Å². The van der Waals surface area contributed by atoms with Gasteiger partial charge in [0.25, 0.3) is 0 Å². The van der Waals surface area contributed by atoms with E-state index in [0.717, 1.165) is 38.0 Å². The van der Waals surface area contributed by atoms with E-state index in [1.165, 1.54) is 12.1 Å². The second-order valence-corrected chi connectivity index (χ2v) is 4.63. The molecule has 4 nitrogen and oxygen atoms in total. The Morgan fingerprint density at radius 3 is 2.50 bits per heavy atom. The lowest BCUT2D eigenvalue weighted by atomic mass is 10.0. The Kier molecular flexibility index (Phi) is 4.15. The highest BCUT2D eigenvalue weighted by atomic mass is 19.1. The monoisotopic (exact) mass is 252 g/mol. The first-order valence-electron chi connectivity index (χ1n) is 6.10. The number of rotatable bonds is 3. The summed E-state index contributed by atoms with van der Waals surface area (Å²) in [5, 5.41) is 11.1. The van der Waals surface area contributed by atoms with Crippen molar-refractivity contribution in [3.05, 3.63) is 35.6 Å². The average molecular weight is 252 g/mol. The number of carbonyl (C=O) groups is 1. The van der Waals surface area contributed by atoms with E-state index in [4.69, 9.17) is 5.11 Å². The zero-order valence-corrected chi connectivity index (χ0v) is 10.1. The van der Waals surface area contributed by atoms with E-state index in [1.807, 2.05) is 0 Å². The molecule has 1 aromatic carbocycles. The molecular formula is C13H17FN2O2. The van der Waals surface area contributed by atoms with Gasteiger partial charge in [0.05, 0.1) is 0 Å². The number of amides is 1. The van der Waals surface area contributed by atoms with Crippen molar-refractivity contribution >= 4 is 6.09 Å². The highest BCUT2D eigenvalue weighted by molar-refractivity contribution is 5.64. The highest BCUT2D eigenvalue weighted by Crippen LogP contribution is 2.14. The minimum atomic E-state index is -0.952. The lowest BCUT2D eigenvalue weighted by molar-refractivity contribution is 0.165. The Hall–Kier alpha value is -1.62. The summed E-state index contributed by atoms with van der Waals surface area (Å²) in [4.78, 5) is 12.8. The number of likely N-dealkylation sites (tertiary alicyclic amines) is 1. The normalized spacial score (nSPS) is 17.6. The second-order valence-electron chi connectivity index (χ2n) is 4.63. The first kappa shape index (κ1) is 12.8. The van der Waals surface area contributed by atoms with Gasteiger partial charge in [-0.25, -0.2) is 9.18 Å². The van der Waals surface area contributed by atoms with E-state index in [1.54, 1.807) is 12.1 Å². The number of benzene rings is 1. The van der Waals surface area contributed by atoms with Crippen molar-refractivity contribution in [2.24, 2.45) is 0 Å². The van der Waals surface area contributed by atoms with Crippen LogP contribution in [0.3, 0.4) is 0 Å². The molecule has 5 heteroatoms. The van der Waals surface area contributed by atoms with E-state index in [2.05, 4.69) is 10.2 Å². The Morgan fingerprint density at radius 2 is 1.94 bits per heavy atom. The predicted molar refractivity (Wildman–Crippen MR) is 65.9 cm³/mol. The molecule has 0 aliphatic carbocycles. The standard InChI is InChI=1S/C13H17FN2O2/c14-11-3-1-10(2-4-11)9-16-7-5-12(6-8-16)15-13(17)18/h1-4,12,15H,5-9H2,(H,17,18). The molecule has 2 rings (SSSR count). The number of hydrogen-bond acceptors (Lipinski definition) is 2. The van der Waals surface area contributed by atoms with E-state index in [9.17, 15) is 9.18 Å². The molecule has 1 amide bonds. The van der Waals surface area contributed by atoms with Crippen LogP contribution >= 0.6 is 0 Å². The average Bonchev–Trinajstić information content (AvgIpc) is 2.34. The van der Waals surface area contributed by atoms with Gasteiger partial charge >= 0.3 is 6.09 Å². The number of nitrogens with zero attached hydrogens (tertiary/aromatic N) is 1. The molecule has 18 heavy (non-hydrogen) atoms. The quantitative estimate of drug-likeness (QED) is 0.865. The third-order valence-electron chi connectivity index (χ3n) is 3.23. The van der Waals surface area contributed by atoms with Crippen LogP contribution in [0.15, 0.2) is 24.3 Å². The minimum Gasteiger partial charge on any atom is -0.465 e. The molecule has 0 bridgehead atoms. The predicted octanol–water partition coefficient (Wildman–Crippen LogP) is 2.06. The first-order valence-corrected chi connectivity index (χ1v) is 6.10. The van der Waals surface area contributed by atoms with Crippen LogP contribution in [0, 0.1) is 5.82 Å². The van der Waals surface area contributed by atoms with Crippen molar-refractivity contribution in [1.82, 2.24) is 10.2 Å². The van der Waals surface area contributed by atoms with Crippen LogP contribution in [0.5, 0.6) is 0 Å². The Labute approximate surface area is 105 Å². The van der Waals surface area contributed by atoms with Gasteiger partial charge in [-0.15, -0.1) is 0 Å². The van der Waals surface area contributed by atoms with E-state index < -0.39 is 6.09 Å². The van der Waals surface area contributed by atoms with Crippen molar-refractivity contribution < 1.29 is 14.3 Å². The van der Waals surface area contributed by atoms with Gasteiger partial charge in [-0.1, -0.05) is 12.1 Å². The summed E-state index contributed by atoms with van der Waals surface area (Å²) in [5.74, 6) is -0.219. The molecule has 0 unspecified atom stereocenters. The summed E-state index contributed by atoms with van der Waals surface area (Å²) in [6.07, 6.45) is 0.702. The molecule has 0 aromatic heterocycles. The van der Waals surface area contributed by atoms with Crippen LogP contribution in [0.1, 0.15) is 18.4 Å². The van der Waals surface area contributed by atoms with Gasteiger partial charge in [-0.3, -0.25) is 4.90 Å². The Bertz CT molecular complexity index is 400. The fraction of sp³-hybridized carbons (Fsp3) is 0.462. The SMILES string of the molecule is O=C(O)NC1CCN(Cc2ccc(F)cc2)CC1. The molecule has 98 valence electrons. The van der Waals surface area contributed by atoms with Crippen molar-refractivity contribution in [3.8, 4) is 0 Å². The molecule has 1 fully saturated rings. The van der Waals surface area contributed by atoms with Gasteiger partial charge in [-0.05, 0) is 30.5 Å². The van der Waals surface area contributed by atoms with E-state index in [-0.39, 0.29) is 11.9 Å². The third-order valence-corrected chi connectivity index (χ3v) is 3.23. The van der Waals surface area contributed by atoms with E-state index in [0.29, 0.717) is 0 Å². The Balaban J connectivity index is 1.79. The van der Waals surface area contributed by atoms with Crippen molar-refractivity contribution in [2.45, 2.75) is 25.4 Å².